The standard InChI is InChI=1S/C15H17NO2S/c1-11-6-7-15(16-9-11)19-10-14(17)12-4-3-5-13(8-12)18-2/h3-9,14,17H,10H2,1-2H3/t14-/m0/s1. The van der Waals surface area contributed by atoms with Gasteiger partial charge < -0.3 is 9.84 Å². The van der Waals surface area contributed by atoms with E-state index in [1.165, 1.54) is 0 Å². The second-order valence-corrected chi connectivity index (χ2v) is 5.32. The third-order valence-electron chi connectivity index (χ3n) is 2.75. The summed E-state index contributed by atoms with van der Waals surface area (Å²) in [6.07, 6.45) is 1.31. The van der Waals surface area contributed by atoms with Crippen LogP contribution < -0.4 is 4.74 Å². The fourth-order valence-corrected chi connectivity index (χ4v) is 2.46. The number of ether oxygens (including phenoxy) is 1. The van der Waals surface area contributed by atoms with Gasteiger partial charge in [0.2, 0.25) is 0 Å². The van der Waals surface area contributed by atoms with E-state index in [-0.39, 0.29) is 0 Å². The van der Waals surface area contributed by atoms with Crippen LogP contribution in [0.5, 0.6) is 5.75 Å². The highest BCUT2D eigenvalue weighted by Gasteiger charge is 2.09. The molecule has 0 aliphatic heterocycles. The second kappa shape index (κ2) is 6.59. The van der Waals surface area contributed by atoms with Crippen LogP contribution in [0.1, 0.15) is 17.2 Å². The Bertz CT molecular complexity index is 528. The van der Waals surface area contributed by atoms with Crippen molar-refractivity contribution < 1.29 is 9.84 Å². The molecule has 0 aliphatic carbocycles. The Labute approximate surface area is 117 Å². The molecule has 3 nitrogen and oxygen atoms in total. The Kier molecular flexibility index (Phi) is 4.82. The number of aromatic nitrogens is 1. The highest BCUT2D eigenvalue weighted by atomic mass is 32.2. The van der Waals surface area contributed by atoms with Crippen molar-refractivity contribution in [2.75, 3.05) is 12.9 Å². The van der Waals surface area contributed by atoms with Gasteiger partial charge in [-0.1, -0.05) is 18.2 Å². The van der Waals surface area contributed by atoms with E-state index >= 15 is 0 Å². The molecular formula is C15H17NO2S. The molecule has 1 aromatic carbocycles. The molecule has 0 amide bonds. The third-order valence-corrected chi connectivity index (χ3v) is 3.77. The van der Waals surface area contributed by atoms with Gasteiger partial charge in [0.1, 0.15) is 5.75 Å². The first-order chi connectivity index (χ1) is 9.19. The van der Waals surface area contributed by atoms with Crippen LogP contribution in [0.15, 0.2) is 47.6 Å². The van der Waals surface area contributed by atoms with Crippen LogP contribution in [0.25, 0.3) is 0 Å². The number of hydrogen-bond acceptors (Lipinski definition) is 4. The van der Waals surface area contributed by atoms with Crippen molar-refractivity contribution in [2.24, 2.45) is 0 Å². The number of aliphatic hydroxyl groups is 1. The number of thioether (sulfide) groups is 1. The molecule has 1 atom stereocenters. The van der Waals surface area contributed by atoms with E-state index in [1.54, 1.807) is 18.9 Å². The molecule has 2 rings (SSSR count). The van der Waals surface area contributed by atoms with E-state index in [0.29, 0.717) is 5.75 Å². The Morgan fingerprint density at radius 2 is 2.16 bits per heavy atom. The Hall–Kier alpha value is -1.52. The summed E-state index contributed by atoms with van der Waals surface area (Å²) >= 11 is 1.54. The summed E-state index contributed by atoms with van der Waals surface area (Å²) in [5.41, 5.74) is 2.00. The van der Waals surface area contributed by atoms with E-state index in [1.807, 2.05) is 49.5 Å². The normalized spacial score (nSPS) is 12.2. The topological polar surface area (TPSA) is 42.4 Å². The summed E-state index contributed by atoms with van der Waals surface area (Å²) in [6.45, 7) is 2.01. The van der Waals surface area contributed by atoms with Crippen LogP contribution in [0, 0.1) is 6.92 Å². The first kappa shape index (κ1) is 13.9. The van der Waals surface area contributed by atoms with Crippen molar-refractivity contribution in [3.63, 3.8) is 0 Å². The molecule has 1 aromatic heterocycles. The molecule has 19 heavy (non-hydrogen) atoms. The molecule has 0 fully saturated rings. The fraction of sp³-hybridized carbons (Fsp3) is 0.267. The highest BCUT2D eigenvalue weighted by Crippen LogP contribution is 2.25. The van der Waals surface area contributed by atoms with E-state index in [0.717, 1.165) is 21.9 Å². The summed E-state index contributed by atoms with van der Waals surface area (Å²) in [5, 5.41) is 11.1. The van der Waals surface area contributed by atoms with Gasteiger partial charge in [-0.05, 0) is 36.2 Å². The van der Waals surface area contributed by atoms with E-state index in [4.69, 9.17) is 4.74 Å². The zero-order chi connectivity index (χ0) is 13.7. The quantitative estimate of drug-likeness (QED) is 0.851. The lowest BCUT2D eigenvalue weighted by atomic mass is 10.1. The summed E-state index contributed by atoms with van der Waals surface area (Å²) in [4.78, 5) is 4.30. The summed E-state index contributed by atoms with van der Waals surface area (Å²) in [5.74, 6) is 1.33. The zero-order valence-electron chi connectivity index (χ0n) is 11.0. The van der Waals surface area contributed by atoms with Gasteiger partial charge in [0.05, 0.1) is 18.2 Å². The average Bonchev–Trinajstić information content (AvgIpc) is 2.46. The first-order valence-corrected chi connectivity index (χ1v) is 7.05. The van der Waals surface area contributed by atoms with Crippen molar-refractivity contribution in [1.29, 1.82) is 0 Å². The number of aliphatic hydroxyl groups excluding tert-OH is 1. The molecule has 4 heteroatoms. The molecule has 0 bridgehead atoms. The molecule has 0 saturated heterocycles. The van der Waals surface area contributed by atoms with Gasteiger partial charge in [0.25, 0.3) is 0 Å². The Balaban J connectivity index is 1.96. The van der Waals surface area contributed by atoms with Crippen LogP contribution in [-0.4, -0.2) is 23.0 Å². The summed E-state index contributed by atoms with van der Waals surface area (Å²) in [6, 6.07) is 11.5. The van der Waals surface area contributed by atoms with E-state index in [9.17, 15) is 5.11 Å². The predicted octanol–water partition coefficient (Wildman–Crippen LogP) is 3.22. The molecule has 0 spiro atoms. The molecule has 2 aromatic rings. The number of pyridine rings is 1. The minimum absolute atomic E-state index is 0.525. The van der Waals surface area contributed by atoms with Crippen molar-refractivity contribution >= 4 is 11.8 Å². The molecular weight excluding hydrogens is 258 g/mol. The van der Waals surface area contributed by atoms with Crippen LogP contribution >= 0.6 is 11.8 Å². The van der Waals surface area contributed by atoms with Crippen LogP contribution in [0.4, 0.5) is 0 Å². The minimum Gasteiger partial charge on any atom is -0.497 e. The number of methoxy groups -OCH3 is 1. The molecule has 0 aliphatic rings. The van der Waals surface area contributed by atoms with Crippen molar-refractivity contribution in [3.8, 4) is 5.75 Å². The smallest absolute Gasteiger partial charge is 0.119 e. The average molecular weight is 275 g/mol. The van der Waals surface area contributed by atoms with Crippen LogP contribution in [0.3, 0.4) is 0 Å². The lowest BCUT2D eigenvalue weighted by Crippen LogP contribution is -2.01. The lowest BCUT2D eigenvalue weighted by molar-refractivity contribution is 0.203. The minimum atomic E-state index is -0.525. The van der Waals surface area contributed by atoms with Crippen molar-refractivity contribution in [3.05, 3.63) is 53.7 Å². The maximum absolute atomic E-state index is 10.2. The number of benzene rings is 1. The summed E-state index contributed by atoms with van der Waals surface area (Å²) < 4.78 is 5.15. The van der Waals surface area contributed by atoms with Crippen molar-refractivity contribution in [2.45, 2.75) is 18.1 Å². The summed E-state index contributed by atoms with van der Waals surface area (Å²) in [7, 11) is 1.62. The van der Waals surface area contributed by atoms with Gasteiger partial charge in [0.15, 0.2) is 0 Å². The number of hydrogen-bond donors (Lipinski definition) is 1. The number of rotatable bonds is 5. The molecule has 0 saturated carbocycles. The predicted molar refractivity (Wildman–Crippen MR) is 77.7 cm³/mol. The molecule has 0 radical (unpaired) electrons. The van der Waals surface area contributed by atoms with Crippen LogP contribution in [0.2, 0.25) is 0 Å². The Morgan fingerprint density at radius 3 is 2.84 bits per heavy atom. The molecule has 1 N–H and O–H groups in total. The third kappa shape index (κ3) is 3.98. The van der Waals surface area contributed by atoms with Gasteiger partial charge >= 0.3 is 0 Å². The highest BCUT2D eigenvalue weighted by molar-refractivity contribution is 7.99. The van der Waals surface area contributed by atoms with Gasteiger partial charge in [-0.2, -0.15) is 0 Å². The van der Waals surface area contributed by atoms with Crippen LogP contribution in [-0.2, 0) is 0 Å². The first-order valence-electron chi connectivity index (χ1n) is 6.06. The van der Waals surface area contributed by atoms with Crippen molar-refractivity contribution in [1.82, 2.24) is 4.98 Å². The van der Waals surface area contributed by atoms with E-state index in [2.05, 4.69) is 4.98 Å². The zero-order valence-corrected chi connectivity index (χ0v) is 11.9. The monoisotopic (exact) mass is 275 g/mol. The molecule has 100 valence electrons. The van der Waals surface area contributed by atoms with Gasteiger partial charge in [-0.15, -0.1) is 11.8 Å². The SMILES string of the molecule is COc1cccc([C@@H](O)CSc2ccc(C)cn2)c1. The van der Waals surface area contributed by atoms with Gasteiger partial charge in [0, 0.05) is 11.9 Å². The van der Waals surface area contributed by atoms with E-state index < -0.39 is 6.10 Å². The lowest BCUT2D eigenvalue weighted by Gasteiger charge is -2.11. The second-order valence-electron chi connectivity index (χ2n) is 4.28. The van der Waals surface area contributed by atoms with Gasteiger partial charge in [-0.25, -0.2) is 4.98 Å². The largest absolute Gasteiger partial charge is 0.497 e. The molecule has 1 heterocycles. The fourth-order valence-electron chi connectivity index (χ4n) is 1.65. The maximum Gasteiger partial charge on any atom is 0.119 e. The number of nitrogens with zero attached hydrogens (tertiary/aromatic N) is 1. The number of aryl methyl sites for hydroxylation is 1. The van der Waals surface area contributed by atoms with Gasteiger partial charge in [-0.3, -0.25) is 0 Å². The maximum atomic E-state index is 10.2. The molecule has 0 unspecified atom stereocenters. The Morgan fingerprint density at radius 1 is 1.32 bits per heavy atom.